The highest BCUT2D eigenvalue weighted by molar-refractivity contribution is 7.89. The summed E-state index contributed by atoms with van der Waals surface area (Å²) in [7, 11) is -2.76. The Morgan fingerprint density at radius 2 is 1.85 bits per heavy atom. The Hall–Kier alpha value is -1.85. The number of sulfonamides is 1. The highest BCUT2D eigenvalue weighted by Crippen LogP contribution is 2.29. The minimum absolute atomic E-state index is 0.0443. The monoisotopic (exact) mass is 424 g/mol. The molecular formula is C15H16ClF3N4O3S. The van der Waals surface area contributed by atoms with Crippen molar-refractivity contribution in [2.24, 2.45) is 7.05 Å². The summed E-state index contributed by atoms with van der Waals surface area (Å²) < 4.78 is 66.6. The van der Waals surface area contributed by atoms with Gasteiger partial charge in [0.25, 0.3) is 0 Å². The van der Waals surface area contributed by atoms with E-state index in [1.807, 2.05) is 0 Å². The molecule has 0 radical (unpaired) electrons. The molecule has 3 rings (SSSR count). The molecule has 1 aliphatic heterocycles. The molecule has 148 valence electrons. The van der Waals surface area contributed by atoms with Crippen molar-refractivity contribution in [2.75, 3.05) is 13.1 Å². The molecule has 1 fully saturated rings. The van der Waals surface area contributed by atoms with E-state index in [-0.39, 0.29) is 35.8 Å². The lowest BCUT2D eigenvalue weighted by Crippen LogP contribution is -2.41. The summed E-state index contributed by atoms with van der Waals surface area (Å²) in [6.07, 6.45) is -4.39. The Kier molecular flexibility index (Phi) is 5.12. The van der Waals surface area contributed by atoms with Crippen LogP contribution in [0, 0.1) is 0 Å². The molecule has 1 aromatic heterocycles. The molecule has 2 heterocycles. The highest BCUT2D eigenvalue weighted by Gasteiger charge is 2.39. The molecule has 12 heteroatoms. The van der Waals surface area contributed by atoms with Gasteiger partial charge in [0.05, 0.1) is 10.9 Å². The van der Waals surface area contributed by atoms with Gasteiger partial charge < -0.3 is 0 Å². The summed E-state index contributed by atoms with van der Waals surface area (Å²) >= 11 is 5.84. The van der Waals surface area contributed by atoms with Gasteiger partial charge in [-0.05, 0) is 31.0 Å². The van der Waals surface area contributed by atoms with E-state index < -0.39 is 33.8 Å². The summed E-state index contributed by atoms with van der Waals surface area (Å²) in [6.45, 7) is 0.119. The number of hydrogen-bond donors (Lipinski definition) is 0. The van der Waals surface area contributed by atoms with Crippen molar-refractivity contribution in [2.45, 2.75) is 30.0 Å². The van der Waals surface area contributed by atoms with Crippen LogP contribution in [0.1, 0.15) is 24.7 Å². The first-order valence-corrected chi connectivity index (χ1v) is 9.82. The smallest absolute Gasteiger partial charge is 0.274 e. The fourth-order valence-corrected chi connectivity index (χ4v) is 4.82. The lowest BCUT2D eigenvalue weighted by molar-refractivity contribution is -0.147. The van der Waals surface area contributed by atoms with Gasteiger partial charge in [-0.3, -0.25) is 4.57 Å². The van der Waals surface area contributed by atoms with Crippen LogP contribution in [-0.2, 0) is 23.2 Å². The Labute approximate surface area is 158 Å². The molecule has 0 N–H and O–H groups in total. The van der Waals surface area contributed by atoms with E-state index in [1.54, 1.807) is 6.07 Å². The van der Waals surface area contributed by atoms with Gasteiger partial charge in [0.15, 0.2) is 0 Å². The number of benzene rings is 1. The van der Waals surface area contributed by atoms with Crippen molar-refractivity contribution in [1.29, 1.82) is 0 Å². The van der Waals surface area contributed by atoms with Crippen molar-refractivity contribution >= 4 is 21.6 Å². The maximum atomic E-state index is 12.9. The first-order chi connectivity index (χ1) is 12.5. The van der Waals surface area contributed by atoms with Gasteiger partial charge in [-0.25, -0.2) is 17.9 Å². The van der Waals surface area contributed by atoms with Gasteiger partial charge in [-0.15, -0.1) is 5.10 Å². The third-order valence-electron chi connectivity index (χ3n) is 4.46. The van der Waals surface area contributed by atoms with E-state index in [0.717, 1.165) is 11.7 Å². The van der Waals surface area contributed by atoms with Crippen molar-refractivity contribution < 1.29 is 21.6 Å². The predicted octanol–water partition coefficient (Wildman–Crippen LogP) is 2.28. The maximum Gasteiger partial charge on any atom is 0.451 e. The molecule has 1 saturated heterocycles. The van der Waals surface area contributed by atoms with E-state index in [1.165, 1.54) is 22.5 Å². The minimum atomic E-state index is -4.74. The quantitative estimate of drug-likeness (QED) is 0.757. The molecule has 27 heavy (non-hydrogen) atoms. The molecule has 0 bridgehead atoms. The van der Waals surface area contributed by atoms with Crippen LogP contribution < -0.4 is 5.69 Å². The number of aromatic nitrogens is 3. The topological polar surface area (TPSA) is 77.2 Å². The fraction of sp³-hybridized carbons (Fsp3) is 0.467. The number of rotatable bonds is 3. The second-order valence-corrected chi connectivity index (χ2v) is 8.57. The van der Waals surface area contributed by atoms with Crippen LogP contribution >= 0.6 is 11.6 Å². The molecule has 0 unspecified atom stereocenters. The van der Waals surface area contributed by atoms with Crippen molar-refractivity contribution in [3.8, 4) is 0 Å². The summed E-state index contributed by atoms with van der Waals surface area (Å²) in [5.74, 6) is -1.28. The van der Waals surface area contributed by atoms with Crippen molar-refractivity contribution in [3.05, 3.63) is 45.6 Å². The lowest BCUT2D eigenvalue weighted by atomic mass is 10.1. The van der Waals surface area contributed by atoms with Crippen LogP contribution in [0.4, 0.5) is 13.2 Å². The van der Waals surface area contributed by atoms with Crippen LogP contribution in [0.15, 0.2) is 34.0 Å². The van der Waals surface area contributed by atoms with Crippen LogP contribution in [0.5, 0.6) is 0 Å². The molecule has 1 aliphatic rings. The van der Waals surface area contributed by atoms with Gasteiger partial charge in [0, 0.05) is 25.2 Å². The third kappa shape index (κ3) is 3.76. The SMILES string of the molecule is Cn1c(C(F)(F)F)nn(C2CCN(S(=O)(=O)c3cccc(Cl)c3)CC2)c1=O. The zero-order chi connectivity index (χ0) is 20.0. The van der Waals surface area contributed by atoms with E-state index >= 15 is 0 Å². The van der Waals surface area contributed by atoms with Crippen molar-refractivity contribution in [3.63, 3.8) is 0 Å². The second kappa shape index (κ2) is 6.95. The fourth-order valence-electron chi connectivity index (χ4n) is 3.04. The lowest BCUT2D eigenvalue weighted by Gasteiger charge is -2.30. The van der Waals surface area contributed by atoms with Crippen LogP contribution in [0.25, 0.3) is 0 Å². The van der Waals surface area contributed by atoms with Gasteiger partial charge >= 0.3 is 11.9 Å². The highest BCUT2D eigenvalue weighted by atomic mass is 35.5. The van der Waals surface area contributed by atoms with Crippen LogP contribution in [-0.4, -0.2) is 40.2 Å². The zero-order valence-corrected chi connectivity index (χ0v) is 15.7. The molecule has 0 saturated carbocycles. The van der Waals surface area contributed by atoms with Crippen LogP contribution in [0.3, 0.4) is 0 Å². The molecule has 2 aromatic rings. The summed E-state index contributed by atoms with van der Waals surface area (Å²) in [5.41, 5.74) is -0.876. The van der Waals surface area contributed by atoms with Gasteiger partial charge in [-0.1, -0.05) is 17.7 Å². The Bertz CT molecular complexity index is 1010. The molecule has 7 nitrogen and oxygen atoms in total. The average molecular weight is 425 g/mol. The zero-order valence-electron chi connectivity index (χ0n) is 14.1. The van der Waals surface area contributed by atoms with Gasteiger partial charge in [0.1, 0.15) is 0 Å². The van der Waals surface area contributed by atoms with E-state index in [4.69, 9.17) is 11.6 Å². The number of halogens is 4. The van der Waals surface area contributed by atoms with E-state index in [2.05, 4.69) is 5.10 Å². The number of alkyl halides is 3. The van der Waals surface area contributed by atoms with E-state index in [9.17, 15) is 26.4 Å². The minimum Gasteiger partial charge on any atom is -0.274 e. The van der Waals surface area contributed by atoms with Crippen molar-refractivity contribution in [1.82, 2.24) is 18.7 Å². The van der Waals surface area contributed by atoms with Crippen LogP contribution in [0.2, 0.25) is 5.02 Å². The third-order valence-corrected chi connectivity index (χ3v) is 6.59. The Morgan fingerprint density at radius 3 is 2.37 bits per heavy atom. The molecular weight excluding hydrogens is 409 g/mol. The number of hydrogen-bond acceptors (Lipinski definition) is 4. The summed E-state index contributed by atoms with van der Waals surface area (Å²) in [5, 5.41) is 3.70. The van der Waals surface area contributed by atoms with Gasteiger partial charge in [-0.2, -0.15) is 17.5 Å². The normalized spacial score (nSPS) is 17.4. The molecule has 0 amide bonds. The summed E-state index contributed by atoms with van der Waals surface area (Å²) in [4.78, 5) is 12.1. The second-order valence-electron chi connectivity index (χ2n) is 6.20. The molecule has 0 aliphatic carbocycles. The first kappa shape index (κ1) is 19.9. The molecule has 0 spiro atoms. The largest absolute Gasteiger partial charge is 0.451 e. The predicted molar refractivity (Wildman–Crippen MR) is 91.0 cm³/mol. The maximum absolute atomic E-state index is 12.9. The Balaban J connectivity index is 1.79. The van der Waals surface area contributed by atoms with E-state index in [0.29, 0.717) is 4.57 Å². The number of nitrogens with zero attached hydrogens (tertiary/aromatic N) is 4. The standard InChI is InChI=1S/C15H16ClF3N4O3S/c1-21-13(15(17,18)19)20-23(14(21)24)11-5-7-22(8-6-11)27(25,26)12-4-2-3-10(16)9-12/h2-4,9,11H,5-8H2,1H3. The first-order valence-electron chi connectivity index (χ1n) is 8.00. The molecule has 1 aromatic carbocycles. The number of piperidine rings is 1. The average Bonchev–Trinajstić information content (AvgIpc) is 2.91. The van der Waals surface area contributed by atoms with Gasteiger partial charge in [0.2, 0.25) is 15.8 Å². The Morgan fingerprint density at radius 1 is 1.22 bits per heavy atom. The summed E-state index contributed by atoms with van der Waals surface area (Å²) in [6, 6.07) is 5.23. The molecule has 0 atom stereocenters.